The van der Waals surface area contributed by atoms with Crippen LogP contribution in [0.2, 0.25) is 0 Å². The Kier molecular flexibility index (Phi) is 3.61. The van der Waals surface area contributed by atoms with Crippen LogP contribution >= 0.6 is 0 Å². The largest absolute Gasteiger partial charge is 0.478 e. The molecular formula is C18H15N3O5. The molecule has 8 heteroatoms. The summed E-state index contributed by atoms with van der Waals surface area (Å²) in [6, 6.07) is 6.29. The van der Waals surface area contributed by atoms with Gasteiger partial charge in [-0.1, -0.05) is 18.2 Å². The molecule has 4 N–H and O–H groups in total. The zero-order chi connectivity index (χ0) is 18.4. The topological polar surface area (TPSA) is 132 Å². The number of rotatable bonds is 2. The maximum Gasteiger partial charge on any atom is 0.335 e. The fourth-order valence-electron chi connectivity index (χ4n) is 3.75. The van der Waals surface area contributed by atoms with Crippen LogP contribution in [0.5, 0.6) is 0 Å². The third-order valence-electron chi connectivity index (χ3n) is 4.79. The summed E-state index contributed by atoms with van der Waals surface area (Å²) in [5.74, 6) is -1.91. The van der Waals surface area contributed by atoms with Gasteiger partial charge in [0.25, 0.3) is 5.56 Å². The normalized spacial score (nSPS) is 18.8. The van der Waals surface area contributed by atoms with Crippen molar-refractivity contribution in [3.63, 3.8) is 0 Å². The maximum atomic E-state index is 12.7. The highest BCUT2D eigenvalue weighted by Gasteiger charge is 2.38. The number of ketones is 1. The van der Waals surface area contributed by atoms with Gasteiger partial charge in [0.1, 0.15) is 5.82 Å². The molecule has 2 aromatic rings. The molecule has 0 radical (unpaired) electrons. The number of anilines is 1. The second-order valence-corrected chi connectivity index (χ2v) is 6.32. The van der Waals surface area contributed by atoms with Crippen molar-refractivity contribution >= 4 is 17.6 Å². The van der Waals surface area contributed by atoms with Crippen LogP contribution in [0, 0.1) is 0 Å². The van der Waals surface area contributed by atoms with Gasteiger partial charge in [0, 0.05) is 23.6 Å². The number of aromatic carboxylic acids is 1. The first kappa shape index (κ1) is 16.1. The van der Waals surface area contributed by atoms with Crippen LogP contribution in [0.15, 0.2) is 45.1 Å². The molecule has 26 heavy (non-hydrogen) atoms. The molecular weight excluding hydrogens is 338 g/mol. The number of carbonyl (C=O) groups excluding carboxylic acids is 1. The first-order chi connectivity index (χ1) is 12.5. The van der Waals surface area contributed by atoms with Crippen molar-refractivity contribution in [2.45, 2.75) is 25.2 Å². The van der Waals surface area contributed by atoms with Gasteiger partial charge in [-0.2, -0.15) is 0 Å². The van der Waals surface area contributed by atoms with E-state index in [-0.39, 0.29) is 22.7 Å². The molecule has 4 rings (SSSR count). The summed E-state index contributed by atoms with van der Waals surface area (Å²) in [5, 5.41) is 12.6. The predicted molar refractivity (Wildman–Crippen MR) is 92.4 cm³/mol. The number of carbonyl (C=O) groups is 2. The fraction of sp³-hybridized carbons (Fsp3) is 0.222. The second-order valence-electron chi connectivity index (χ2n) is 6.32. The van der Waals surface area contributed by atoms with E-state index in [0.29, 0.717) is 36.1 Å². The number of hydrogen-bond donors (Lipinski definition) is 4. The lowest BCUT2D eigenvalue weighted by atomic mass is 9.75. The Hall–Kier alpha value is -3.42. The number of benzene rings is 1. The van der Waals surface area contributed by atoms with E-state index in [2.05, 4.69) is 15.3 Å². The number of carboxylic acids is 1. The molecule has 1 unspecified atom stereocenters. The minimum atomic E-state index is -1.15. The maximum absolute atomic E-state index is 12.7. The highest BCUT2D eigenvalue weighted by Crippen LogP contribution is 2.43. The summed E-state index contributed by atoms with van der Waals surface area (Å²) in [5.41, 5.74) is 0.218. The number of Topliss-reactive ketones (excluding diaryl/α,β-unsaturated/α-hetero) is 1. The zero-order valence-corrected chi connectivity index (χ0v) is 13.6. The van der Waals surface area contributed by atoms with Gasteiger partial charge >= 0.3 is 11.7 Å². The Morgan fingerprint density at radius 2 is 1.85 bits per heavy atom. The van der Waals surface area contributed by atoms with E-state index in [0.717, 1.165) is 0 Å². The summed E-state index contributed by atoms with van der Waals surface area (Å²) in [6.45, 7) is 0. The summed E-state index contributed by atoms with van der Waals surface area (Å²) in [6.07, 6.45) is 1.57. The average Bonchev–Trinajstić information content (AvgIpc) is 2.60. The number of fused-ring (bicyclic) bond motifs is 1. The van der Waals surface area contributed by atoms with Gasteiger partial charge in [-0.25, -0.2) is 9.59 Å². The monoisotopic (exact) mass is 353 g/mol. The van der Waals surface area contributed by atoms with E-state index in [1.165, 1.54) is 6.07 Å². The highest BCUT2D eigenvalue weighted by molar-refractivity contribution is 6.02. The first-order valence-electron chi connectivity index (χ1n) is 8.19. The Labute approximate surface area is 146 Å². The quantitative estimate of drug-likeness (QED) is 0.644. The van der Waals surface area contributed by atoms with Gasteiger partial charge in [-0.05, 0) is 24.5 Å². The second kappa shape index (κ2) is 5.83. The first-order valence-corrected chi connectivity index (χ1v) is 8.19. The van der Waals surface area contributed by atoms with Gasteiger partial charge in [0.05, 0.1) is 11.1 Å². The molecule has 0 bridgehead atoms. The Morgan fingerprint density at radius 1 is 1.08 bits per heavy atom. The molecule has 1 aromatic heterocycles. The molecule has 1 aromatic carbocycles. The Morgan fingerprint density at radius 3 is 2.62 bits per heavy atom. The molecule has 0 amide bonds. The summed E-state index contributed by atoms with van der Waals surface area (Å²) >= 11 is 0. The van der Waals surface area contributed by atoms with Crippen molar-refractivity contribution in [2.75, 3.05) is 5.32 Å². The lowest BCUT2D eigenvalue weighted by molar-refractivity contribution is -0.116. The number of H-pyrrole nitrogens is 2. The molecule has 2 aliphatic rings. The molecule has 1 atom stereocenters. The number of aromatic amines is 2. The number of carboxylic acid groups (broad SMARTS) is 1. The third-order valence-corrected chi connectivity index (χ3v) is 4.79. The number of allylic oxidation sites excluding steroid dienone is 2. The molecule has 8 nitrogen and oxygen atoms in total. The molecule has 132 valence electrons. The molecule has 0 spiro atoms. The van der Waals surface area contributed by atoms with E-state index < -0.39 is 23.1 Å². The van der Waals surface area contributed by atoms with Gasteiger partial charge in [0.15, 0.2) is 5.78 Å². The Balaban J connectivity index is 2.07. The number of aromatic nitrogens is 2. The predicted octanol–water partition coefficient (Wildman–Crippen LogP) is 1.33. The smallest absolute Gasteiger partial charge is 0.335 e. The molecule has 0 saturated carbocycles. The van der Waals surface area contributed by atoms with E-state index in [1.807, 2.05) is 0 Å². The molecule has 0 saturated heterocycles. The van der Waals surface area contributed by atoms with Gasteiger partial charge in [-0.15, -0.1) is 0 Å². The van der Waals surface area contributed by atoms with Crippen molar-refractivity contribution in [1.29, 1.82) is 0 Å². The van der Waals surface area contributed by atoms with Crippen molar-refractivity contribution in [3.05, 3.63) is 73.1 Å². The SMILES string of the molecule is O=C1CCCC2=C1C(c1ccccc1C(=O)O)c1c([nH]c(=O)[nH]c1=O)N2. The van der Waals surface area contributed by atoms with Crippen LogP contribution in [-0.2, 0) is 4.79 Å². The fourth-order valence-corrected chi connectivity index (χ4v) is 3.75. The average molecular weight is 353 g/mol. The highest BCUT2D eigenvalue weighted by atomic mass is 16.4. The van der Waals surface area contributed by atoms with E-state index >= 15 is 0 Å². The van der Waals surface area contributed by atoms with Gasteiger partial charge in [-0.3, -0.25) is 19.6 Å². The van der Waals surface area contributed by atoms with E-state index in [4.69, 9.17) is 0 Å². The standard InChI is InChI=1S/C18H15N3O5/c22-11-7-3-6-10-13(11)12(8-4-1-2-5-9(8)17(24)25)14-15(19-10)20-18(26)21-16(14)23/h1-2,4-5,12H,3,6-7H2,(H,24,25)(H3,19,20,21,23,26). The molecule has 1 aliphatic carbocycles. The number of hydrogen-bond acceptors (Lipinski definition) is 5. The lowest BCUT2D eigenvalue weighted by Crippen LogP contribution is -2.36. The van der Waals surface area contributed by atoms with Crippen molar-refractivity contribution in [1.82, 2.24) is 9.97 Å². The van der Waals surface area contributed by atoms with Crippen LogP contribution < -0.4 is 16.6 Å². The molecule has 0 fully saturated rings. The summed E-state index contributed by atoms with van der Waals surface area (Å²) < 4.78 is 0. The van der Waals surface area contributed by atoms with Crippen LogP contribution in [0.3, 0.4) is 0 Å². The van der Waals surface area contributed by atoms with Crippen molar-refractivity contribution < 1.29 is 14.7 Å². The van der Waals surface area contributed by atoms with Crippen LogP contribution in [0.4, 0.5) is 5.82 Å². The summed E-state index contributed by atoms with van der Waals surface area (Å²) in [7, 11) is 0. The van der Waals surface area contributed by atoms with E-state index in [9.17, 15) is 24.3 Å². The Bertz CT molecular complexity index is 1090. The minimum absolute atomic E-state index is 0.0150. The van der Waals surface area contributed by atoms with Crippen LogP contribution in [-0.4, -0.2) is 26.8 Å². The lowest BCUT2D eigenvalue weighted by Gasteiger charge is -2.33. The molecule has 1 aliphatic heterocycles. The molecule has 2 heterocycles. The third kappa shape index (κ3) is 2.38. The van der Waals surface area contributed by atoms with E-state index in [1.54, 1.807) is 18.2 Å². The van der Waals surface area contributed by atoms with Crippen molar-refractivity contribution in [3.8, 4) is 0 Å². The zero-order valence-electron chi connectivity index (χ0n) is 13.6. The van der Waals surface area contributed by atoms with Crippen LogP contribution in [0.25, 0.3) is 0 Å². The van der Waals surface area contributed by atoms with Crippen molar-refractivity contribution in [2.24, 2.45) is 0 Å². The van der Waals surface area contributed by atoms with Gasteiger partial charge in [0.2, 0.25) is 0 Å². The van der Waals surface area contributed by atoms with Crippen LogP contribution in [0.1, 0.15) is 46.7 Å². The van der Waals surface area contributed by atoms with Gasteiger partial charge < -0.3 is 10.4 Å². The number of nitrogens with one attached hydrogen (secondary N) is 3. The minimum Gasteiger partial charge on any atom is -0.478 e. The summed E-state index contributed by atoms with van der Waals surface area (Å²) in [4.78, 5) is 53.3.